The standard InChI is InChI=1S/C17H28N2O3/c1-12-6-7-13(2)15(8-12)22-11-14(20)9-19(10-16(18)21)17(3,4)5/h6-8,14,20H,9-11H2,1-5H3,(H2,18,21). The number of amides is 1. The van der Waals surface area contributed by atoms with Gasteiger partial charge in [0.1, 0.15) is 18.5 Å². The summed E-state index contributed by atoms with van der Waals surface area (Å²) in [6.45, 7) is 10.5. The second-order valence-electron chi connectivity index (χ2n) is 6.75. The highest BCUT2D eigenvalue weighted by molar-refractivity contribution is 5.76. The summed E-state index contributed by atoms with van der Waals surface area (Å²) in [5.74, 6) is 0.369. The minimum Gasteiger partial charge on any atom is -0.491 e. The molecule has 1 aromatic rings. The van der Waals surface area contributed by atoms with Gasteiger partial charge in [0.05, 0.1) is 6.54 Å². The van der Waals surface area contributed by atoms with Crippen molar-refractivity contribution in [1.82, 2.24) is 4.90 Å². The van der Waals surface area contributed by atoms with E-state index in [0.717, 1.165) is 16.9 Å². The van der Waals surface area contributed by atoms with Crippen molar-refractivity contribution < 1.29 is 14.6 Å². The average molecular weight is 308 g/mol. The number of carbonyl (C=O) groups excluding carboxylic acids is 1. The summed E-state index contributed by atoms with van der Waals surface area (Å²) < 4.78 is 5.71. The molecule has 1 rings (SSSR count). The smallest absolute Gasteiger partial charge is 0.231 e. The molecule has 1 aromatic carbocycles. The van der Waals surface area contributed by atoms with E-state index in [0.29, 0.717) is 6.54 Å². The van der Waals surface area contributed by atoms with Gasteiger partial charge in [0, 0.05) is 12.1 Å². The lowest BCUT2D eigenvalue weighted by atomic mass is 10.1. The van der Waals surface area contributed by atoms with Crippen molar-refractivity contribution in [1.29, 1.82) is 0 Å². The fourth-order valence-corrected chi connectivity index (χ4v) is 2.12. The Morgan fingerprint density at radius 2 is 2.00 bits per heavy atom. The normalized spacial score (nSPS) is 13.2. The summed E-state index contributed by atoms with van der Waals surface area (Å²) >= 11 is 0. The Morgan fingerprint density at radius 1 is 1.36 bits per heavy atom. The average Bonchev–Trinajstić information content (AvgIpc) is 2.37. The van der Waals surface area contributed by atoms with Gasteiger partial charge in [-0.05, 0) is 51.8 Å². The van der Waals surface area contributed by atoms with Gasteiger partial charge < -0.3 is 15.6 Å². The van der Waals surface area contributed by atoms with Crippen LogP contribution in [0, 0.1) is 13.8 Å². The molecular formula is C17H28N2O3. The van der Waals surface area contributed by atoms with E-state index in [9.17, 15) is 9.90 Å². The van der Waals surface area contributed by atoms with Crippen LogP contribution in [0.4, 0.5) is 0 Å². The summed E-state index contributed by atoms with van der Waals surface area (Å²) in [5.41, 5.74) is 7.16. The third-order valence-electron chi connectivity index (χ3n) is 3.50. The molecule has 0 bridgehead atoms. The molecule has 0 fully saturated rings. The molecule has 124 valence electrons. The van der Waals surface area contributed by atoms with Crippen LogP contribution in [-0.4, -0.2) is 47.3 Å². The quantitative estimate of drug-likeness (QED) is 0.803. The third kappa shape index (κ3) is 6.03. The van der Waals surface area contributed by atoms with Gasteiger partial charge >= 0.3 is 0 Å². The zero-order valence-electron chi connectivity index (χ0n) is 14.2. The molecule has 0 aliphatic rings. The molecule has 1 atom stereocenters. The molecule has 0 saturated heterocycles. The number of hydrogen-bond acceptors (Lipinski definition) is 4. The third-order valence-corrected chi connectivity index (χ3v) is 3.50. The van der Waals surface area contributed by atoms with Gasteiger partial charge in [0.15, 0.2) is 0 Å². The minimum absolute atomic E-state index is 0.115. The molecule has 0 aromatic heterocycles. The van der Waals surface area contributed by atoms with Crippen LogP contribution in [0.25, 0.3) is 0 Å². The van der Waals surface area contributed by atoms with Gasteiger partial charge in [0.25, 0.3) is 0 Å². The lowest BCUT2D eigenvalue weighted by Gasteiger charge is -2.36. The zero-order chi connectivity index (χ0) is 16.9. The predicted octanol–water partition coefficient (Wildman–Crippen LogP) is 1.63. The zero-order valence-corrected chi connectivity index (χ0v) is 14.2. The van der Waals surface area contributed by atoms with Crippen molar-refractivity contribution >= 4 is 5.91 Å². The van der Waals surface area contributed by atoms with Gasteiger partial charge in [-0.1, -0.05) is 12.1 Å². The van der Waals surface area contributed by atoms with Crippen molar-refractivity contribution in [3.63, 3.8) is 0 Å². The van der Waals surface area contributed by atoms with E-state index in [1.165, 1.54) is 0 Å². The van der Waals surface area contributed by atoms with Crippen LogP contribution in [0.1, 0.15) is 31.9 Å². The number of aliphatic hydroxyl groups is 1. The first-order chi connectivity index (χ1) is 10.1. The Morgan fingerprint density at radius 3 is 2.55 bits per heavy atom. The van der Waals surface area contributed by atoms with Crippen molar-refractivity contribution in [3.05, 3.63) is 29.3 Å². The van der Waals surface area contributed by atoms with Gasteiger partial charge in [-0.25, -0.2) is 0 Å². The van der Waals surface area contributed by atoms with Crippen LogP contribution < -0.4 is 10.5 Å². The number of primary amides is 1. The lowest BCUT2D eigenvalue weighted by Crippen LogP contribution is -2.50. The lowest BCUT2D eigenvalue weighted by molar-refractivity contribution is -0.121. The largest absolute Gasteiger partial charge is 0.491 e. The second kappa shape index (κ2) is 7.61. The van der Waals surface area contributed by atoms with Crippen molar-refractivity contribution in [2.24, 2.45) is 5.73 Å². The minimum atomic E-state index is -0.696. The number of rotatable bonds is 7. The first-order valence-corrected chi connectivity index (χ1v) is 7.51. The molecule has 1 unspecified atom stereocenters. The highest BCUT2D eigenvalue weighted by Crippen LogP contribution is 2.19. The second-order valence-corrected chi connectivity index (χ2v) is 6.75. The number of nitrogens with zero attached hydrogens (tertiary/aromatic N) is 1. The van der Waals surface area contributed by atoms with Gasteiger partial charge in [-0.2, -0.15) is 0 Å². The van der Waals surface area contributed by atoms with Crippen LogP contribution in [0.15, 0.2) is 18.2 Å². The predicted molar refractivity (Wildman–Crippen MR) is 87.9 cm³/mol. The topological polar surface area (TPSA) is 75.8 Å². The SMILES string of the molecule is Cc1ccc(C)c(OCC(O)CN(CC(N)=O)C(C)(C)C)c1. The molecule has 5 nitrogen and oxygen atoms in total. The number of aliphatic hydroxyl groups excluding tert-OH is 1. The summed E-state index contributed by atoms with van der Waals surface area (Å²) in [4.78, 5) is 13.0. The number of nitrogens with two attached hydrogens (primary N) is 1. The number of β-amino-alcohol motifs (C(OH)–C–C–N with tert-alkyl or cyclic N) is 1. The molecule has 0 radical (unpaired) electrons. The molecule has 22 heavy (non-hydrogen) atoms. The number of ether oxygens (including phenoxy) is 1. The highest BCUT2D eigenvalue weighted by Gasteiger charge is 2.25. The maximum Gasteiger partial charge on any atom is 0.231 e. The molecule has 0 aliphatic heterocycles. The molecular weight excluding hydrogens is 280 g/mol. The summed E-state index contributed by atoms with van der Waals surface area (Å²) in [7, 11) is 0. The molecule has 0 aliphatic carbocycles. The fraction of sp³-hybridized carbons (Fsp3) is 0.588. The van der Waals surface area contributed by atoms with E-state index >= 15 is 0 Å². The van der Waals surface area contributed by atoms with E-state index in [4.69, 9.17) is 10.5 Å². The van der Waals surface area contributed by atoms with E-state index in [-0.39, 0.29) is 18.7 Å². The Bertz CT molecular complexity index is 509. The van der Waals surface area contributed by atoms with Crippen LogP contribution in [0.5, 0.6) is 5.75 Å². The molecule has 0 saturated carbocycles. The molecule has 3 N–H and O–H groups in total. The summed E-state index contributed by atoms with van der Waals surface area (Å²) in [6.07, 6.45) is -0.696. The van der Waals surface area contributed by atoms with Crippen LogP contribution in [-0.2, 0) is 4.79 Å². The van der Waals surface area contributed by atoms with E-state index in [1.807, 2.05) is 57.7 Å². The Balaban J connectivity index is 2.62. The highest BCUT2D eigenvalue weighted by atomic mass is 16.5. The van der Waals surface area contributed by atoms with Crippen molar-refractivity contribution in [3.8, 4) is 5.75 Å². The number of benzene rings is 1. The molecule has 0 spiro atoms. The van der Waals surface area contributed by atoms with Gasteiger partial charge in [0.2, 0.25) is 5.91 Å². The van der Waals surface area contributed by atoms with E-state index in [1.54, 1.807) is 0 Å². The van der Waals surface area contributed by atoms with E-state index in [2.05, 4.69) is 0 Å². The Labute approximate surface area is 133 Å². The Hall–Kier alpha value is -1.59. The van der Waals surface area contributed by atoms with Crippen LogP contribution >= 0.6 is 0 Å². The van der Waals surface area contributed by atoms with Gasteiger partial charge in [-0.15, -0.1) is 0 Å². The van der Waals surface area contributed by atoms with Crippen molar-refractivity contribution in [2.45, 2.75) is 46.3 Å². The maximum absolute atomic E-state index is 11.2. The van der Waals surface area contributed by atoms with Crippen LogP contribution in [0.3, 0.4) is 0 Å². The molecule has 5 heteroatoms. The van der Waals surface area contributed by atoms with E-state index < -0.39 is 12.0 Å². The number of aryl methyl sites for hydroxylation is 2. The van der Waals surface area contributed by atoms with Crippen molar-refractivity contribution in [2.75, 3.05) is 19.7 Å². The molecule has 1 amide bonds. The number of carbonyl (C=O) groups is 1. The monoisotopic (exact) mass is 308 g/mol. The Kier molecular flexibility index (Phi) is 6.38. The first kappa shape index (κ1) is 18.5. The van der Waals surface area contributed by atoms with Crippen LogP contribution in [0.2, 0.25) is 0 Å². The fourth-order valence-electron chi connectivity index (χ4n) is 2.12. The van der Waals surface area contributed by atoms with Gasteiger partial charge in [-0.3, -0.25) is 9.69 Å². The number of hydrogen-bond donors (Lipinski definition) is 2. The summed E-state index contributed by atoms with van der Waals surface area (Å²) in [5, 5.41) is 10.2. The first-order valence-electron chi connectivity index (χ1n) is 7.51. The maximum atomic E-state index is 11.2. The molecule has 0 heterocycles. The summed E-state index contributed by atoms with van der Waals surface area (Å²) in [6, 6.07) is 5.96.